The Labute approximate surface area is 214 Å². The highest BCUT2D eigenvalue weighted by molar-refractivity contribution is 5.89. The molecule has 2 aliphatic heterocycles. The van der Waals surface area contributed by atoms with Crippen molar-refractivity contribution in [1.29, 1.82) is 0 Å². The van der Waals surface area contributed by atoms with Crippen LogP contribution in [0, 0.1) is 11.8 Å². The molecule has 0 bridgehead atoms. The molecular weight excluding hydrogens is 485 g/mol. The summed E-state index contributed by atoms with van der Waals surface area (Å²) in [6.45, 7) is 3.99. The van der Waals surface area contributed by atoms with Gasteiger partial charge in [-0.2, -0.15) is 13.2 Å². The molecule has 7 nitrogen and oxygen atoms in total. The smallest absolute Gasteiger partial charge is 0.391 e. The Balaban J connectivity index is 1.37. The Kier molecular flexibility index (Phi) is 8.45. The lowest BCUT2D eigenvalue weighted by Crippen LogP contribution is -2.39. The van der Waals surface area contributed by atoms with E-state index in [2.05, 4.69) is 16.0 Å². The van der Waals surface area contributed by atoms with E-state index in [9.17, 15) is 22.8 Å². The highest BCUT2D eigenvalue weighted by Crippen LogP contribution is 2.37. The van der Waals surface area contributed by atoms with Gasteiger partial charge in [-0.3, -0.25) is 9.59 Å². The number of piperidine rings is 1. The summed E-state index contributed by atoms with van der Waals surface area (Å²) >= 11 is 0. The van der Waals surface area contributed by atoms with E-state index in [1.54, 1.807) is 0 Å². The number of nitrogens with zero attached hydrogens (tertiary/aromatic N) is 1. The van der Waals surface area contributed by atoms with Crippen LogP contribution in [0.1, 0.15) is 38.2 Å². The van der Waals surface area contributed by atoms with E-state index in [4.69, 9.17) is 4.74 Å². The van der Waals surface area contributed by atoms with Crippen molar-refractivity contribution < 1.29 is 27.5 Å². The van der Waals surface area contributed by atoms with E-state index in [0.717, 1.165) is 29.0 Å². The molecule has 2 aromatic rings. The van der Waals surface area contributed by atoms with Gasteiger partial charge >= 0.3 is 6.18 Å². The molecule has 1 atom stereocenters. The zero-order valence-corrected chi connectivity index (χ0v) is 20.9. The Morgan fingerprint density at radius 1 is 1.14 bits per heavy atom. The predicted molar refractivity (Wildman–Crippen MR) is 136 cm³/mol. The molecule has 0 aromatic heterocycles. The number of amides is 2. The van der Waals surface area contributed by atoms with Crippen molar-refractivity contribution >= 4 is 28.9 Å². The van der Waals surface area contributed by atoms with Gasteiger partial charge in [0.15, 0.2) is 0 Å². The van der Waals surface area contributed by atoms with Gasteiger partial charge in [0.2, 0.25) is 11.8 Å². The van der Waals surface area contributed by atoms with E-state index in [1.165, 1.54) is 0 Å². The largest absolute Gasteiger partial charge is 0.491 e. The van der Waals surface area contributed by atoms with Crippen LogP contribution in [-0.4, -0.2) is 44.2 Å². The zero-order chi connectivity index (χ0) is 26.4. The maximum Gasteiger partial charge on any atom is 0.391 e. The lowest BCUT2D eigenvalue weighted by atomic mass is 9.96. The van der Waals surface area contributed by atoms with Crippen molar-refractivity contribution in [3.05, 3.63) is 48.0 Å². The van der Waals surface area contributed by atoms with Crippen LogP contribution in [0.4, 0.5) is 30.2 Å². The maximum absolute atomic E-state index is 13.0. The third-order valence-electron chi connectivity index (χ3n) is 6.80. The van der Waals surface area contributed by atoms with Gasteiger partial charge in [-0.15, -0.1) is 0 Å². The molecule has 0 spiro atoms. The van der Waals surface area contributed by atoms with Gasteiger partial charge in [-0.25, -0.2) is 0 Å². The van der Waals surface area contributed by atoms with Crippen LogP contribution in [0.15, 0.2) is 42.5 Å². The topological polar surface area (TPSA) is 82.7 Å². The second-order valence-corrected chi connectivity index (χ2v) is 9.58. The summed E-state index contributed by atoms with van der Waals surface area (Å²) in [6.07, 6.45) is -2.90. The molecule has 0 radical (unpaired) electrons. The van der Waals surface area contributed by atoms with Gasteiger partial charge in [0.1, 0.15) is 5.75 Å². The number of halogens is 3. The SMILES string of the molecule is CCCOc1cc(N2CCC(C(F)(F)F)CC2)ccc1Nc1ccc(CNC(=O)C2CNC(=O)C2)cc1. The molecule has 2 aliphatic rings. The molecule has 10 heteroatoms. The fourth-order valence-corrected chi connectivity index (χ4v) is 4.59. The normalized spacial score (nSPS) is 18.4. The van der Waals surface area contributed by atoms with Crippen molar-refractivity contribution in [2.75, 3.05) is 36.5 Å². The van der Waals surface area contributed by atoms with E-state index >= 15 is 0 Å². The number of carbonyl (C=O) groups excluding carboxylic acids is 2. The molecule has 2 heterocycles. The van der Waals surface area contributed by atoms with Gasteiger partial charge in [0, 0.05) is 50.0 Å². The number of hydrogen-bond donors (Lipinski definition) is 3. The second-order valence-electron chi connectivity index (χ2n) is 9.58. The van der Waals surface area contributed by atoms with Crippen molar-refractivity contribution in [2.24, 2.45) is 11.8 Å². The standard InChI is InChI=1S/C27H33F3N4O3/c1-2-13-37-24-15-22(34-11-9-20(10-12-34)27(28,29)30)7-8-23(24)33-21-5-3-18(4-6-21)16-32-26(36)19-14-25(35)31-17-19/h3-8,15,19-20,33H,2,9-14,16-17H2,1H3,(H,31,35)(H,32,36). The lowest BCUT2D eigenvalue weighted by Gasteiger charge is -2.34. The molecule has 0 saturated carbocycles. The zero-order valence-electron chi connectivity index (χ0n) is 20.9. The maximum atomic E-state index is 13.0. The van der Waals surface area contributed by atoms with Gasteiger partial charge < -0.3 is 25.6 Å². The number of anilines is 3. The number of alkyl halides is 3. The molecule has 37 heavy (non-hydrogen) atoms. The van der Waals surface area contributed by atoms with Gasteiger partial charge in [0.05, 0.1) is 24.1 Å². The number of carbonyl (C=O) groups is 2. The molecule has 4 rings (SSSR count). The van der Waals surface area contributed by atoms with E-state index in [0.29, 0.717) is 38.5 Å². The third-order valence-corrected chi connectivity index (χ3v) is 6.80. The minimum atomic E-state index is -4.13. The molecule has 3 N–H and O–H groups in total. The predicted octanol–water partition coefficient (Wildman–Crippen LogP) is 4.75. The average molecular weight is 519 g/mol. The van der Waals surface area contributed by atoms with Crippen molar-refractivity contribution in [3.63, 3.8) is 0 Å². The fourth-order valence-electron chi connectivity index (χ4n) is 4.59. The number of hydrogen-bond acceptors (Lipinski definition) is 5. The Hall–Kier alpha value is -3.43. The lowest BCUT2D eigenvalue weighted by molar-refractivity contribution is -0.179. The Morgan fingerprint density at radius 3 is 2.49 bits per heavy atom. The highest BCUT2D eigenvalue weighted by Gasteiger charge is 2.41. The first-order chi connectivity index (χ1) is 17.7. The van der Waals surface area contributed by atoms with E-state index < -0.39 is 12.1 Å². The highest BCUT2D eigenvalue weighted by atomic mass is 19.4. The van der Waals surface area contributed by atoms with Crippen molar-refractivity contribution in [1.82, 2.24) is 10.6 Å². The first-order valence-corrected chi connectivity index (χ1v) is 12.7. The molecule has 1 unspecified atom stereocenters. The van der Waals surface area contributed by atoms with Crippen LogP contribution in [-0.2, 0) is 16.1 Å². The van der Waals surface area contributed by atoms with Crippen molar-refractivity contribution in [3.8, 4) is 5.75 Å². The average Bonchev–Trinajstić information content (AvgIpc) is 3.33. The minimum absolute atomic E-state index is 0.0944. The summed E-state index contributed by atoms with van der Waals surface area (Å²) in [4.78, 5) is 25.5. The molecule has 2 amide bonds. The molecule has 2 fully saturated rings. The Bertz CT molecular complexity index is 1080. The third kappa shape index (κ3) is 7.08. The van der Waals surface area contributed by atoms with Crippen LogP contribution >= 0.6 is 0 Å². The molecule has 200 valence electrons. The van der Waals surface area contributed by atoms with Crippen LogP contribution in [0.25, 0.3) is 0 Å². The second kappa shape index (κ2) is 11.7. The molecule has 0 aliphatic carbocycles. The summed E-state index contributed by atoms with van der Waals surface area (Å²) < 4.78 is 45.1. The number of rotatable bonds is 9. The fraction of sp³-hybridized carbons (Fsp3) is 0.481. The number of benzene rings is 2. The first-order valence-electron chi connectivity index (χ1n) is 12.7. The minimum Gasteiger partial charge on any atom is -0.491 e. The van der Waals surface area contributed by atoms with E-state index in [-0.39, 0.29) is 37.0 Å². The monoisotopic (exact) mass is 518 g/mol. The molecule has 2 aromatic carbocycles. The van der Waals surface area contributed by atoms with Gasteiger partial charge in [-0.05, 0) is 49.1 Å². The van der Waals surface area contributed by atoms with Crippen molar-refractivity contribution in [2.45, 2.75) is 45.3 Å². The molecular formula is C27H33F3N4O3. The number of ether oxygens (including phenoxy) is 1. The Morgan fingerprint density at radius 2 is 1.86 bits per heavy atom. The summed E-state index contributed by atoms with van der Waals surface area (Å²) in [5, 5.41) is 8.89. The van der Waals surface area contributed by atoms with Crippen LogP contribution in [0.2, 0.25) is 0 Å². The van der Waals surface area contributed by atoms with Gasteiger partial charge in [0.25, 0.3) is 0 Å². The summed E-state index contributed by atoms with van der Waals surface area (Å²) in [7, 11) is 0. The van der Waals surface area contributed by atoms with Crippen LogP contribution in [0.3, 0.4) is 0 Å². The first kappa shape index (κ1) is 26.6. The summed E-state index contributed by atoms with van der Waals surface area (Å²) in [5.74, 6) is -1.15. The van der Waals surface area contributed by atoms with E-state index in [1.807, 2.05) is 54.3 Å². The summed E-state index contributed by atoms with van der Waals surface area (Å²) in [5.41, 5.74) is 3.38. The number of nitrogens with one attached hydrogen (secondary N) is 3. The van der Waals surface area contributed by atoms with Crippen LogP contribution in [0.5, 0.6) is 5.75 Å². The van der Waals surface area contributed by atoms with Gasteiger partial charge in [-0.1, -0.05) is 19.1 Å². The van der Waals surface area contributed by atoms with Crippen LogP contribution < -0.4 is 25.6 Å². The molecule has 2 saturated heterocycles. The summed E-state index contributed by atoms with van der Waals surface area (Å²) in [6, 6.07) is 13.3. The quantitative estimate of drug-likeness (QED) is 0.446.